The lowest BCUT2D eigenvalue weighted by Gasteiger charge is -2.15. The van der Waals surface area contributed by atoms with E-state index in [1.165, 1.54) is 19.1 Å². The molecule has 0 spiro atoms. The number of nitrogens with zero attached hydrogens (tertiary/aromatic N) is 1. The second kappa shape index (κ2) is 6.75. The summed E-state index contributed by atoms with van der Waals surface area (Å²) in [5.74, 6) is -0.794. The highest BCUT2D eigenvalue weighted by molar-refractivity contribution is 5.93. The van der Waals surface area contributed by atoms with Crippen molar-refractivity contribution in [2.75, 3.05) is 5.32 Å². The molecule has 3 rings (SSSR count). The molecule has 2 aromatic carbocycles. The van der Waals surface area contributed by atoms with Gasteiger partial charge in [0.2, 0.25) is 5.91 Å². The van der Waals surface area contributed by atoms with E-state index < -0.39 is 34.9 Å². The number of carbonyl (C=O) groups excluding carboxylic acids is 1. The van der Waals surface area contributed by atoms with Crippen LogP contribution in [-0.4, -0.2) is 15.5 Å². The van der Waals surface area contributed by atoms with Crippen LogP contribution < -0.4 is 16.6 Å². The maximum Gasteiger partial charge on any atom is 0.416 e. The number of carbonyl (C=O) groups is 1. The number of hydrogen-bond donors (Lipinski definition) is 2. The topological polar surface area (TPSA) is 84.0 Å². The summed E-state index contributed by atoms with van der Waals surface area (Å²) in [4.78, 5) is 39.7. The number of alkyl halides is 3. The molecule has 1 amide bonds. The summed E-state index contributed by atoms with van der Waals surface area (Å²) in [6.45, 7) is 1.31. The van der Waals surface area contributed by atoms with E-state index >= 15 is 0 Å². The predicted molar refractivity (Wildman–Crippen MR) is 93.6 cm³/mol. The molecule has 0 saturated heterocycles. The van der Waals surface area contributed by atoms with E-state index in [2.05, 4.69) is 10.3 Å². The van der Waals surface area contributed by atoms with Gasteiger partial charge in [-0.15, -0.1) is 0 Å². The van der Waals surface area contributed by atoms with Crippen LogP contribution >= 0.6 is 0 Å². The molecule has 0 aliphatic rings. The van der Waals surface area contributed by atoms with Crippen molar-refractivity contribution in [1.82, 2.24) is 9.55 Å². The lowest BCUT2D eigenvalue weighted by Crippen LogP contribution is -2.41. The van der Waals surface area contributed by atoms with Gasteiger partial charge in [-0.3, -0.25) is 9.59 Å². The average molecular weight is 377 g/mol. The van der Waals surface area contributed by atoms with Gasteiger partial charge in [-0.1, -0.05) is 18.2 Å². The number of anilines is 1. The summed E-state index contributed by atoms with van der Waals surface area (Å²) in [5.41, 5.74) is -2.14. The fourth-order valence-corrected chi connectivity index (χ4v) is 2.67. The van der Waals surface area contributed by atoms with Crippen LogP contribution in [0.25, 0.3) is 10.9 Å². The van der Waals surface area contributed by atoms with Crippen LogP contribution in [-0.2, 0) is 11.0 Å². The van der Waals surface area contributed by atoms with Gasteiger partial charge in [-0.2, -0.15) is 13.2 Å². The van der Waals surface area contributed by atoms with E-state index in [0.29, 0.717) is 5.52 Å². The normalized spacial score (nSPS) is 12.7. The Morgan fingerprint density at radius 3 is 2.52 bits per heavy atom. The number of rotatable bonds is 3. The van der Waals surface area contributed by atoms with Crippen LogP contribution in [0.5, 0.6) is 0 Å². The molecule has 2 N–H and O–H groups in total. The zero-order chi connectivity index (χ0) is 19.8. The first-order chi connectivity index (χ1) is 12.7. The Morgan fingerprint density at radius 2 is 1.81 bits per heavy atom. The molecular formula is C18H14F3N3O3. The summed E-state index contributed by atoms with van der Waals surface area (Å²) >= 11 is 0. The Balaban J connectivity index is 1.94. The van der Waals surface area contributed by atoms with Crippen molar-refractivity contribution in [3.63, 3.8) is 0 Å². The molecule has 9 heteroatoms. The molecule has 0 fully saturated rings. The molecule has 1 heterocycles. The van der Waals surface area contributed by atoms with E-state index in [1.807, 2.05) is 0 Å². The second-order valence-electron chi connectivity index (χ2n) is 5.89. The third kappa shape index (κ3) is 3.62. The van der Waals surface area contributed by atoms with Gasteiger partial charge in [-0.25, -0.2) is 9.36 Å². The zero-order valence-corrected chi connectivity index (χ0v) is 14.0. The Hall–Kier alpha value is -3.36. The molecule has 0 radical (unpaired) electrons. The Kier molecular flexibility index (Phi) is 4.61. The fourth-order valence-electron chi connectivity index (χ4n) is 2.67. The molecular weight excluding hydrogens is 363 g/mol. The minimum absolute atomic E-state index is 0.0908. The largest absolute Gasteiger partial charge is 0.416 e. The SMILES string of the molecule is C[C@@H](C(=O)Nc1cccc(C(F)(F)F)c1)n1c(=O)[nH]c2ccccc2c1=O. The van der Waals surface area contributed by atoms with Crippen molar-refractivity contribution in [3.05, 3.63) is 74.9 Å². The van der Waals surface area contributed by atoms with Crippen LogP contribution in [0.1, 0.15) is 18.5 Å². The van der Waals surface area contributed by atoms with Crippen LogP contribution in [0.2, 0.25) is 0 Å². The monoisotopic (exact) mass is 377 g/mol. The smallest absolute Gasteiger partial charge is 0.324 e. The Morgan fingerprint density at radius 1 is 1.11 bits per heavy atom. The summed E-state index contributed by atoms with van der Waals surface area (Å²) in [6, 6.07) is 9.16. The lowest BCUT2D eigenvalue weighted by molar-refractivity contribution is -0.137. The highest BCUT2D eigenvalue weighted by Gasteiger charge is 2.30. The number of nitrogens with one attached hydrogen (secondary N) is 2. The number of fused-ring (bicyclic) bond motifs is 1. The van der Waals surface area contributed by atoms with E-state index in [-0.39, 0.29) is 11.1 Å². The van der Waals surface area contributed by atoms with Crippen molar-refractivity contribution >= 4 is 22.5 Å². The van der Waals surface area contributed by atoms with E-state index in [9.17, 15) is 27.6 Å². The summed E-state index contributed by atoms with van der Waals surface area (Å²) in [6.07, 6.45) is -4.56. The highest BCUT2D eigenvalue weighted by atomic mass is 19.4. The van der Waals surface area contributed by atoms with Gasteiger partial charge in [0.05, 0.1) is 16.5 Å². The van der Waals surface area contributed by atoms with Gasteiger partial charge in [0.25, 0.3) is 5.56 Å². The lowest BCUT2D eigenvalue weighted by atomic mass is 10.2. The zero-order valence-electron chi connectivity index (χ0n) is 14.0. The van der Waals surface area contributed by atoms with Gasteiger partial charge in [0.1, 0.15) is 6.04 Å². The molecule has 0 bridgehead atoms. The number of halogens is 3. The Bertz CT molecular complexity index is 1130. The number of benzene rings is 2. The molecule has 0 aliphatic heterocycles. The minimum Gasteiger partial charge on any atom is -0.324 e. The number of hydrogen-bond acceptors (Lipinski definition) is 3. The first kappa shape index (κ1) is 18.4. The van der Waals surface area contributed by atoms with Crippen molar-refractivity contribution in [2.24, 2.45) is 0 Å². The quantitative estimate of drug-likeness (QED) is 0.736. The summed E-state index contributed by atoms with van der Waals surface area (Å²) in [7, 11) is 0. The highest BCUT2D eigenvalue weighted by Crippen LogP contribution is 2.30. The third-order valence-electron chi connectivity index (χ3n) is 4.06. The van der Waals surface area contributed by atoms with Crippen molar-refractivity contribution in [1.29, 1.82) is 0 Å². The summed E-state index contributed by atoms with van der Waals surface area (Å²) in [5, 5.41) is 2.52. The van der Waals surface area contributed by atoms with Crippen LogP contribution in [0.3, 0.4) is 0 Å². The van der Waals surface area contributed by atoms with Gasteiger partial charge >= 0.3 is 11.9 Å². The van der Waals surface area contributed by atoms with E-state index in [4.69, 9.17) is 0 Å². The molecule has 1 atom stereocenters. The number of H-pyrrole nitrogens is 1. The molecule has 0 saturated carbocycles. The van der Waals surface area contributed by atoms with Crippen LogP contribution in [0.15, 0.2) is 58.1 Å². The standard InChI is InChI=1S/C18H14F3N3O3/c1-10(15(25)22-12-6-4-5-11(9-12)18(19,20)21)24-16(26)13-7-2-3-8-14(13)23-17(24)27/h2-10H,1H3,(H,22,25)(H,23,27)/t10-/m0/s1. The average Bonchev–Trinajstić information content (AvgIpc) is 2.61. The first-order valence-electron chi connectivity index (χ1n) is 7.90. The number of para-hydroxylation sites is 1. The Labute approximate surface area is 150 Å². The molecule has 6 nitrogen and oxygen atoms in total. The van der Waals surface area contributed by atoms with Gasteiger partial charge in [0, 0.05) is 5.69 Å². The maximum absolute atomic E-state index is 12.8. The van der Waals surface area contributed by atoms with Crippen LogP contribution in [0, 0.1) is 0 Å². The molecule has 3 aromatic rings. The minimum atomic E-state index is -4.56. The second-order valence-corrected chi connectivity index (χ2v) is 5.89. The van der Waals surface area contributed by atoms with E-state index in [1.54, 1.807) is 18.2 Å². The fraction of sp³-hybridized carbons (Fsp3) is 0.167. The van der Waals surface area contributed by atoms with Gasteiger partial charge < -0.3 is 10.3 Å². The first-order valence-corrected chi connectivity index (χ1v) is 7.90. The molecule has 1 aromatic heterocycles. The molecule has 0 unspecified atom stereocenters. The van der Waals surface area contributed by atoms with Crippen molar-refractivity contribution in [2.45, 2.75) is 19.1 Å². The number of aromatic amines is 1. The predicted octanol–water partition coefficient (Wildman–Crippen LogP) is 2.91. The molecule has 0 aliphatic carbocycles. The molecule has 140 valence electrons. The van der Waals surface area contributed by atoms with E-state index in [0.717, 1.165) is 22.8 Å². The van der Waals surface area contributed by atoms with Gasteiger partial charge in [0.15, 0.2) is 0 Å². The van der Waals surface area contributed by atoms with Crippen molar-refractivity contribution < 1.29 is 18.0 Å². The molecule has 27 heavy (non-hydrogen) atoms. The van der Waals surface area contributed by atoms with Crippen molar-refractivity contribution in [3.8, 4) is 0 Å². The third-order valence-corrected chi connectivity index (χ3v) is 4.06. The van der Waals surface area contributed by atoms with Crippen LogP contribution in [0.4, 0.5) is 18.9 Å². The number of amides is 1. The summed E-state index contributed by atoms with van der Waals surface area (Å²) < 4.78 is 39.1. The maximum atomic E-state index is 12.8. The number of aromatic nitrogens is 2. The van der Waals surface area contributed by atoms with Gasteiger partial charge in [-0.05, 0) is 37.3 Å².